The molecule has 0 aliphatic carbocycles. The second kappa shape index (κ2) is 12.4. The third kappa shape index (κ3) is 6.82. The molecule has 9 heteroatoms. The summed E-state index contributed by atoms with van der Waals surface area (Å²) >= 11 is 6.25. The lowest BCUT2D eigenvalue weighted by Gasteiger charge is -2.25. The van der Waals surface area contributed by atoms with Gasteiger partial charge in [0.2, 0.25) is 5.91 Å². The van der Waals surface area contributed by atoms with Crippen molar-refractivity contribution >= 4 is 39.1 Å². The van der Waals surface area contributed by atoms with Gasteiger partial charge in [-0.25, -0.2) is 8.42 Å². The molecule has 0 aliphatic heterocycles. The summed E-state index contributed by atoms with van der Waals surface area (Å²) in [6.07, 6.45) is 2.91. The Hall–Kier alpha value is -2.84. The van der Waals surface area contributed by atoms with Crippen LogP contribution in [0.3, 0.4) is 0 Å². The van der Waals surface area contributed by atoms with Crippen molar-refractivity contribution in [3.05, 3.63) is 71.8 Å². The molecule has 0 atom stereocenters. The van der Waals surface area contributed by atoms with Crippen LogP contribution in [0.1, 0.15) is 37.0 Å². The van der Waals surface area contributed by atoms with Gasteiger partial charge in [-0.15, -0.1) is 6.58 Å². The third-order valence-electron chi connectivity index (χ3n) is 4.77. The van der Waals surface area contributed by atoms with E-state index in [2.05, 4.69) is 11.9 Å². The molecule has 0 bridgehead atoms. The lowest BCUT2D eigenvalue weighted by Crippen LogP contribution is -2.41. The van der Waals surface area contributed by atoms with E-state index in [0.29, 0.717) is 25.2 Å². The Bertz CT molecular complexity index is 1090. The Morgan fingerprint density at radius 2 is 1.82 bits per heavy atom. The van der Waals surface area contributed by atoms with Crippen molar-refractivity contribution in [3.8, 4) is 0 Å². The number of carbonyl (C=O) groups excluding carboxylic acids is 2. The third-order valence-corrected chi connectivity index (χ3v) is 6.87. The van der Waals surface area contributed by atoms with E-state index < -0.39 is 15.9 Å². The van der Waals surface area contributed by atoms with Crippen molar-refractivity contribution in [2.75, 3.05) is 30.5 Å². The molecule has 0 saturated heterocycles. The zero-order valence-electron chi connectivity index (χ0n) is 19.0. The van der Waals surface area contributed by atoms with Crippen LogP contribution in [-0.2, 0) is 14.8 Å². The first kappa shape index (κ1) is 26.4. The first-order chi connectivity index (χ1) is 15.8. The molecule has 0 unspecified atom stereocenters. The van der Waals surface area contributed by atoms with Crippen LogP contribution in [0.2, 0.25) is 5.02 Å². The Balaban J connectivity index is 2.39. The van der Waals surface area contributed by atoms with E-state index in [0.717, 1.165) is 10.7 Å². The van der Waals surface area contributed by atoms with E-state index in [-0.39, 0.29) is 34.5 Å². The number of nitrogens with one attached hydrogen (secondary N) is 1. The van der Waals surface area contributed by atoms with Crippen molar-refractivity contribution in [1.82, 2.24) is 10.2 Å². The lowest BCUT2D eigenvalue weighted by molar-refractivity contribution is -0.121. The molecular weight excluding hydrogens is 462 g/mol. The van der Waals surface area contributed by atoms with Crippen LogP contribution in [0.5, 0.6) is 0 Å². The van der Waals surface area contributed by atoms with Gasteiger partial charge in [0.25, 0.3) is 15.9 Å². The van der Waals surface area contributed by atoms with Crippen LogP contribution >= 0.6 is 11.6 Å². The molecule has 2 aromatic rings. The van der Waals surface area contributed by atoms with Crippen molar-refractivity contribution in [3.63, 3.8) is 0 Å². The fourth-order valence-corrected chi connectivity index (χ4v) is 5.00. The minimum absolute atomic E-state index is 0.00377. The van der Waals surface area contributed by atoms with Crippen molar-refractivity contribution in [2.45, 2.75) is 31.6 Å². The number of benzene rings is 2. The second-order valence-corrected chi connectivity index (χ2v) is 9.65. The maximum atomic E-state index is 13.5. The number of para-hydroxylation sites is 1. The van der Waals surface area contributed by atoms with Crippen molar-refractivity contribution < 1.29 is 18.0 Å². The van der Waals surface area contributed by atoms with Crippen LogP contribution in [0.25, 0.3) is 0 Å². The zero-order chi connectivity index (χ0) is 24.4. The Morgan fingerprint density at radius 3 is 2.45 bits per heavy atom. The number of anilines is 1. The van der Waals surface area contributed by atoms with Crippen molar-refractivity contribution in [2.24, 2.45) is 0 Å². The minimum atomic E-state index is -4.04. The summed E-state index contributed by atoms with van der Waals surface area (Å²) in [5.41, 5.74) is 0.501. The number of halogens is 1. The molecule has 2 rings (SSSR count). The quantitative estimate of drug-likeness (QED) is 0.453. The molecular formula is C24H30ClN3O4S. The van der Waals surface area contributed by atoms with Crippen LogP contribution < -0.4 is 9.62 Å². The van der Waals surface area contributed by atoms with E-state index >= 15 is 0 Å². The van der Waals surface area contributed by atoms with E-state index in [1.807, 2.05) is 13.8 Å². The molecule has 2 amide bonds. The summed E-state index contributed by atoms with van der Waals surface area (Å²) in [5, 5.41) is 3.04. The van der Waals surface area contributed by atoms with Crippen LogP contribution in [-0.4, -0.2) is 51.3 Å². The fraction of sp³-hybridized carbons (Fsp3) is 0.333. The molecule has 2 aromatic carbocycles. The largest absolute Gasteiger partial charge is 0.355 e. The van der Waals surface area contributed by atoms with Gasteiger partial charge in [-0.1, -0.05) is 49.7 Å². The standard InChI is InChI=1S/C24H30ClN3O4S/c1-4-14-26-23(29)18-27(15-5-2)24(30)19-10-9-11-20(17-19)33(31,32)28(16-6-3)22-13-8-7-12-21(22)25/h6-13,17H,3-5,14-16,18H2,1-2H3,(H,26,29). The summed E-state index contributed by atoms with van der Waals surface area (Å²) in [6.45, 7) is 8.32. The fourth-order valence-electron chi connectivity index (χ4n) is 3.21. The summed E-state index contributed by atoms with van der Waals surface area (Å²) in [6, 6.07) is 12.4. The molecule has 0 heterocycles. The van der Waals surface area contributed by atoms with Gasteiger partial charge in [-0.05, 0) is 43.2 Å². The molecule has 0 aromatic heterocycles. The molecule has 33 heavy (non-hydrogen) atoms. The van der Waals surface area contributed by atoms with Crippen LogP contribution in [0.15, 0.2) is 66.1 Å². The van der Waals surface area contributed by atoms with Gasteiger partial charge >= 0.3 is 0 Å². The maximum Gasteiger partial charge on any atom is 0.264 e. The summed E-state index contributed by atoms with van der Waals surface area (Å²) in [4.78, 5) is 26.7. The van der Waals surface area contributed by atoms with Crippen molar-refractivity contribution in [1.29, 1.82) is 0 Å². The number of rotatable bonds is 12. The molecule has 1 N–H and O–H groups in total. The van der Waals surface area contributed by atoms with Gasteiger partial charge in [0.15, 0.2) is 0 Å². The smallest absolute Gasteiger partial charge is 0.264 e. The second-order valence-electron chi connectivity index (χ2n) is 7.38. The Morgan fingerprint density at radius 1 is 1.09 bits per heavy atom. The van der Waals surface area contributed by atoms with E-state index in [1.165, 1.54) is 29.2 Å². The predicted molar refractivity (Wildman–Crippen MR) is 132 cm³/mol. The summed E-state index contributed by atoms with van der Waals surface area (Å²) in [5.74, 6) is -0.660. The van der Waals surface area contributed by atoms with Crippen LogP contribution in [0, 0.1) is 0 Å². The van der Waals surface area contributed by atoms with Gasteiger partial charge < -0.3 is 10.2 Å². The average molecular weight is 492 g/mol. The Kier molecular flexibility index (Phi) is 9.94. The Labute approximate surface area is 201 Å². The number of carbonyl (C=O) groups is 2. The highest BCUT2D eigenvalue weighted by atomic mass is 35.5. The van der Waals surface area contributed by atoms with Gasteiger partial charge in [0.05, 0.1) is 28.7 Å². The molecule has 0 radical (unpaired) electrons. The normalized spacial score (nSPS) is 11.0. The predicted octanol–water partition coefficient (Wildman–Crippen LogP) is 4.10. The van der Waals surface area contributed by atoms with E-state index in [9.17, 15) is 18.0 Å². The molecule has 0 saturated carbocycles. The van der Waals surface area contributed by atoms with Gasteiger partial charge in [0.1, 0.15) is 0 Å². The molecule has 0 fully saturated rings. The van der Waals surface area contributed by atoms with E-state index in [1.54, 1.807) is 30.3 Å². The highest BCUT2D eigenvalue weighted by Gasteiger charge is 2.27. The number of hydrogen-bond acceptors (Lipinski definition) is 4. The topological polar surface area (TPSA) is 86.8 Å². The van der Waals surface area contributed by atoms with E-state index in [4.69, 9.17) is 11.6 Å². The SMILES string of the molecule is C=CCN(c1ccccc1Cl)S(=O)(=O)c1cccc(C(=O)N(CCC)CC(=O)NCCC)c1. The summed E-state index contributed by atoms with van der Waals surface area (Å²) in [7, 11) is -4.04. The summed E-state index contributed by atoms with van der Waals surface area (Å²) < 4.78 is 28.1. The first-order valence-corrected chi connectivity index (χ1v) is 12.6. The highest BCUT2D eigenvalue weighted by Crippen LogP contribution is 2.30. The van der Waals surface area contributed by atoms with Crippen LogP contribution in [0.4, 0.5) is 5.69 Å². The monoisotopic (exact) mass is 491 g/mol. The number of nitrogens with zero attached hydrogens (tertiary/aromatic N) is 2. The molecule has 7 nitrogen and oxygen atoms in total. The minimum Gasteiger partial charge on any atom is -0.355 e. The molecule has 178 valence electrons. The first-order valence-electron chi connectivity index (χ1n) is 10.8. The number of amides is 2. The lowest BCUT2D eigenvalue weighted by atomic mass is 10.2. The van der Waals surface area contributed by atoms with Gasteiger partial charge in [-0.3, -0.25) is 13.9 Å². The zero-order valence-corrected chi connectivity index (χ0v) is 20.5. The molecule has 0 spiro atoms. The number of sulfonamides is 1. The molecule has 0 aliphatic rings. The van der Waals surface area contributed by atoms with Gasteiger partial charge in [-0.2, -0.15) is 0 Å². The number of hydrogen-bond donors (Lipinski definition) is 1. The highest BCUT2D eigenvalue weighted by molar-refractivity contribution is 7.92. The maximum absolute atomic E-state index is 13.5. The van der Waals surface area contributed by atoms with Gasteiger partial charge in [0, 0.05) is 18.7 Å². The average Bonchev–Trinajstić information content (AvgIpc) is 2.81.